The molecule has 2 N–H and O–H groups in total. The van der Waals surface area contributed by atoms with E-state index in [4.69, 9.17) is 9.47 Å². The molecule has 28 heavy (non-hydrogen) atoms. The minimum atomic E-state index is -0.464. The first-order chi connectivity index (χ1) is 13.5. The van der Waals surface area contributed by atoms with Gasteiger partial charge in [0.2, 0.25) is 0 Å². The molecule has 0 saturated heterocycles. The van der Waals surface area contributed by atoms with Crippen LogP contribution in [0, 0.1) is 18.3 Å². The van der Waals surface area contributed by atoms with Crippen LogP contribution in [0.3, 0.4) is 0 Å². The van der Waals surface area contributed by atoms with E-state index in [1.807, 2.05) is 63.2 Å². The molecule has 0 radical (unpaired) electrons. The van der Waals surface area contributed by atoms with E-state index in [1.165, 1.54) is 6.20 Å². The minimum absolute atomic E-state index is 0.0275. The molecular formula is C22H25N3O3. The normalized spacial score (nSPS) is 11.9. The van der Waals surface area contributed by atoms with Gasteiger partial charge in [-0.05, 0) is 39.0 Å². The summed E-state index contributed by atoms with van der Waals surface area (Å²) < 4.78 is 10.8. The minimum Gasteiger partial charge on any atom is -0.497 e. The van der Waals surface area contributed by atoms with Gasteiger partial charge in [0.15, 0.2) is 0 Å². The Labute approximate surface area is 165 Å². The van der Waals surface area contributed by atoms with E-state index in [-0.39, 0.29) is 11.6 Å². The molecule has 0 aliphatic rings. The fourth-order valence-corrected chi connectivity index (χ4v) is 2.66. The number of nitrogens with zero attached hydrogens (tertiary/aromatic N) is 1. The lowest BCUT2D eigenvalue weighted by Crippen LogP contribution is -2.28. The third-order valence-corrected chi connectivity index (χ3v) is 4.10. The number of methoxy groups -OCH3 is 1. The van der Waals surface area contributed by atoms with Gasteiger partial charge in [0.25, 0.3) is 5.91 Å². The Hall–Kier alpha value is -3.46. The predicted molar refractivity (Wildman–Crippen MR) is 109 cm³/mol. The summed E-state index contributed by atoms with van der Waals surface area (Å²) in [6.07, 6.45) is 1.39. The van der Waals surface area contributed by atoms with E-state index in [9.17, 15) is 10.1 Å². The summed E-state index contributed by atoms with van der Waals surface area (Å²) in [6, 6.07) is 14.7. The molecule has 1 unspecified atom stereocenters. The molecule has 1 amide bonds. The molecule has 0 aliphatic heterocycles. The van der Waals surface area contributed by atoms with Gasteiger partial charge < -0.3 is 20.1 Å². The highest BCUT2D eigenvalue weighted by Crippen LogP contribution is 2.26. The Kier molecular flexibility index (Phi) is 7.46. The first kappa shape index (κ1) is 20.8. The summed E-state index contributed by atoms with van der Waals surface area (Å²) in [7, 11) is 1.58. The summed E-state index contributed by atoms with van der Waals surface area (Å²) in [6.45, 7) is 6.28. The van der Waals surface area contributed by atoms with E-state index in [2.05, 4.69) is 10.6 Å². The van der Waals surface area contributed by atoms with Crippen LogP contribution in [0.4, 0.5) is 5.69 Å². The van der Waals surface area contributed by atoms with Crippen molar-refractivity contribution in [1.29, 1.82) is 5.26 Å². The van der Waals surface area contributed by atoms with Crippen LogP contribution in [0.5, 0.6) is 11.5 Å². The van der Waals surface area contributed by atoms with Crippen LogP contribution in [0.15, 0.2) is 54.2 Å². The van der Waals surface area contributed by atoms with Crippen molar-refractivity contribution in [3.63, 3.8) is 0 Å². The molecule has 0 saturated carbocycles. The largest absolute Gasteiger partial charge is 0.497 e. The number of benzene rings is 2. The van der Waals surface area contributed by atoms with Gasteiger partial charge >= 0.3 is 0 Å². The number of amides is 1. The maximum Gasteiger partial charge on any atom is 0.263 e. The zero-order chi connectivity index (χ0) is 20.5. The lowest BCUT2D eigenvalue weighted by molar-refractivity contribution is -0.117. The molecule has 2 rings (SSSR count). The average molecular weight is 379 g/mol. The highest BCUT2D eigenvalue weighted by atomic mass is 16.5. The summed E-state index contributed by atoms with van der Waals surface area (Å²) in [5.41, 5.74) is 2.62. The first-order valence-electron chi connectivity index (χ1n) is 9.03. The molecule has 0 bridgehead atoms. The highest BCUT2D eigenvalue weighted by Gasteiger charge is 2.17. The summed E-state index contributed by atoms with van der Waals surface area (Å²) >= 11 is 0. The third kappa shape index (κ3) is 5.52. The topological polar surface area (TPSA) is 83.4 Å². The highest BCUT2D eigenvalue weighted by molar-refractivity contribution is 5.97. The van der Waals surface area contributed by atoms with Crippen molar-refractivity contribution in [2.75, 3.05) is 19.0 Å². The Morgan fingerprint density at radius 3 is 2.75 bits per heavy atom. The number of hydrogen-bond donors (Lipinski definition) is 2. The van der Waals surface area contributed by atoms with Gasteiger partial charge in [-0.2, -0.15) is 5.26 Å². The van der Waals surface area contributed by atoms with Gasteiger partial charge in [-0.3, -0.25) is 4.79 Å². The number of aryl methyl sites for hydroxylation is 1. The molecule has 146 valence electrons. The summed E-state index contributed by atoms with van der Waals surface area (Å²) in [5, 5.41) is 15.2. The second-order valence-corrected chi connectivity index (χ2v) is 6.22. The number of nitriles is 1. The third-order valence-electron chi connectivity index (χ3n) is 4.10. The van der Waals surface area contributed by atoms with E-state index in [0.717, 1.165) is 16.9 Å². The van der Waals surface area contributed by atoms with Crippen molar-refractivity contribution < 1.29 is 14.3 Å². The second kappa shape index (κ2) is 10.0. The smallest absolute Gasteiger partial charge is 0.263 e. The zero-order valence-corrected chi connectivity index (χ0v) is 16.6. The average Bonchev–Trinajstić information content (AvgIpc) is 2.70. The number of anilines is 1. The quantitative estimate of drug-likeness (QED) is 0.533. The molecular weight excluding hydrogens is 354 g/mol. The maximum absolute atomic E-state index is 12.5. The van der Waals surface area contributed by atoms with E-state index in [1.54, 1.807) is 13.2 Å². The SMILES string of the molecule is CCOc1ccc(C)cc1C(C)NC(=O)/C(C#N)=C\Nc1cccc(OC)c1. The number of ether oxygens (including phenoxy) is 2. The van der Waals surface area contributed by atoms with Crippen molar-refractivity contribution in [2.24, 2.45) is 0 Å². The molecule has 0 fully saturated rings. The molecule has 2 aromatic rings. The second-order valence-electron chi connectivity index (χ2n) is 6.22. The maximum atomic E-state index is 12.5. The van der Waals surface area contributed by atoms with E-state index in [0.29, 0.717) is 18.0 Å². The van der Waals surface area contributed by atoms with Crippen molar-refractivity contribution >= 4 is 11.6 Å². The number of nitrogens with one attached hydrogen (secondary N) is 2. The summed E-state index contributed by atoms with van der Waals surface area (Å²) in [5.74, 6) is 0.935. The standard InChI is InChI=1S/C22H25N3O3/c1-5-28-21-10-9-15(2)11-20(21)16(3)25-22(26)17(13-23)14-24-18-7-6-8-19(12-18)27-4/h6-12,14,16,24H,5H2,1-4H3,(H,25,26)/b17-14-. The van der Waals surface area contributed by atoms with Gasteiger partial charge in [0, 0.05) is 23.5 Å². The lowest BCUT2D eigenvalue weighted by atomic mass is 10.0. The molecule has 0 aliphatic carbocycles. The Morgan fingerprint density at radius 2 is 2.07 bits per heavy atom. The van der Waals surface area contributed by atoms with Crippen molar-refractivity contribution in [3.8, 4) is 17.6 Å². The van der Waals surface area contributed by atoms with Gasteiger partial charge in [-0.25, -0.2) is 0 Å². The molecule has 0 spiro atoms. The van der Waals surface area contributed by atoms with Crippen LogP contribution in [-0.4, -0.2) is 19.6 Å². The molecule has 1 atom stereocenters. The van der Waals surface area contributed by atoms with Crippen LogP contribution < -0.4 is 20.1 Å². The Bertz CT molecular complexity index is 900. The van der Waals surface area contributed by atoms with Crippen LogP contribution in [0.25, 0.3) is 0 Å². The molecule has 2 aromatic carbocycles. The molecule has 6 nitrogen and oxygen atoms in total. The Balaban J connectivity index is 2.13. The Morgan fingerprint density at radius 1 is 1.29 bits per heavy atom. The fraction of sp³-hybridized carbons (Fsp3) is 0.273. The number of carbonyl (C=O) groups excluding carboxylic acids is 1. The van der Waals surface area contributed by atoms with Crippen molar-refractivity contribution in [3.05, 3.63) is 65.4 Å². The predicted octanol–water partition coefficient (Wildman–Crippen LogP) is 4.10. The summed E-state index contributed by atoms with van der Waals surface area (Å²) in [4.78, 5) is 12.5. The van der Waals surface area contributed by atoms with Crippen molar-refractivity contribution in [2.45, 2.75) is 26.8 Å². The van der Waals surface area contributed by atoms with Gasteiger partial charge in [-0.1, -0.05) is 23.8 Å². The van der Waals surface area contributed by atoms with Gasteiger partial charge in [0.1, 0.15) is 23.1 Å². The number of rotatable bonds is 8. The van der Waals surface area contributed by atoms with E-state index >= 15 is 0 Å². The monoisotopic (exact) mass is 379 g/mol. The molecule has 6 heteroatoms. The van der Waals surface area contributed by atoms with Crippen LogP contribution in [0.2, 0.25) is 0 Å². The van der Waals surface area contributed by atoms with Crippen LogP contribution in [-0.2, 0) is 4.79 Å². The van der Waals surface area contributed by atoms with Crippen LogP contribution >= 0.6 is 0 Å². The van der Waals surface area contributed by atoms with E-state index < -0.39 is 5.91 Å². The number of carbonyl (C=O) groups is 1. The van der Waals surface area contributed by atoms with Gasteiger partial charge in [0.05, 0.1) is 19.8 Å². The molecule has 0 aromatic heterocycles. The molecule has 0 heterocycles. The zero-order valence-electron chi connectivity index (χ0n) is 16.6. The van der Waals surface area contributed by atoms with Gasteiger partial charge in [-0.15, -0.1) is 0 Å². The first-order valence-corrected chi connectivity index (χ1v) is 9.03. The fourth-order valence-electron chi connectivity index (χ4n) is 2.66. The lowest BCUT2D eigenvalue weighted by Gasteiger charge is -2.18. The van der Waals surface area contributed by atoms with Crippen LogP contribution in [0.1, 0.15) is 31.0 Å². The van der Waals surface area contributed by atoms with Crippen molar-refractivity contribution in [1.82, 2.24) is 5.32 Å². The number of hydrogen-bond acceptors (Lipinski definition) is 5.